The molecule has 0 aliphatic rings. The van der Waals surface area contributed by atoms with Crippen LogP contribution in [0.15, 0.2) is 27.1 Å². The summed E-state index contributed by atoms with van der Waals surface area (Å²) in [5.41, 5.74) is 0.859. The monoisotopic (exact) mass is 263 g/mol. The third-order valence-electron chi connectivity index (χ3n) is 1.54. The molecule has 2 aromatic rings. The Bertz CT molecular complexity index is 458. The zero-order valence-electron chi connectivity index (χ0n) is 6.71. The lowest BCUT2D eigenvalue weighted by molar-refractivity contribution is -0.0664. The van der Waals surface area contributed by atoms with Gasteiger partial charge in [-0.05, 0) is 28.1 Å². The van der Waals surface area contributed by atoms with Crippen molar-refractivity contribution in [2.45, 2.75) is 6.61 Å². The van der Waals surface area contributed by atoms with E-state index in [1.165, 1.54) is 0 Å². The van der Waals surface area contributed by atoms with E-state index in [0.29, 0.717) is 15.6 Å². The Labute approximate surface area is 85.8 Å². The van der Waals surface area contributed by atoms with Gasteiger partial charge < -0.3 is 9.15 Å². The summed E-state index contributed by atoms with van der Waals surface area (Å²) in [6.45, 7) is -2.93. The van der Waals surface area contributed by atoms with Crippen molar-refractivity contribution in [3.05, 3.63) is 22.7 Å². The highest BCUT2D eigenvalue weighted by molar-refractivity contribution is 9.10. The molecule has 0 aliphatic carbocycles. The van der Waals surface area contributed by atoms with Gasteiger partial charge in [-0.1, -0.05) is 6.07 Å². The van der Waals surface area contributed by atoms with Crippen molar-refractivity contribution in [3.8, 4) is 6.08 Å². The van der Waals surface area contributed by atoms with E-state index in [9.17, 15) is 8.78 Å². The lowest BCUT2D eigenvalue weighted by Gasteiger charge is -1.94. The molecule has 2 rings (SSSR count). The van der Waals surface area contributed by atoms with Crippen molar-refractivity contribution in [1.29, 1.82) is 0 Å². The van der Waals surface area contributed by atoms with E-state index in [2.05, 4.69) is 25.7 Å². The fourth-order valence-electron chi connectivity index (χ4n) is 1.02. The molecule has 0 spiro atoms. The Morgan fingerprint density at radius 2 is 2.21 bits per heavy atom. The maximum atomic E-state index is 11.8. The van der Waals surface area contributed by atoms with E-state index < -0.39 is 12.7 Å². The molecule has 1 aromatic carbocycles. The van der Waals surface area contributed by atoms with E-state index in [0.717, 1.165) is 0 Å². The zero-order valence-corrected chi connectivity index (χ0v) is 8.29. The number of halogens is 3. The molecule has 1 aromatic heterocycles. The Balaban J connectivity index is 2.46. The Hall–Kier alpha value is -1.17. The minimum atomic E-state index is -2.93. The number of ether oxygens (including phenoxy) is 1. The molecular formula is C8H4BrF2NO2. The van der Waals surface area contributed by atoms with Gasteiger partial charge in [0.2, 0.25) is 0 Å². The van der Waals surface area contributed by atoms with Gasteiger partial charge in [0.15, 0.2) is 5.58 Å². The van der Waals surface area contributed by atoms with Gasteiger partial charge in [-0.3, -0.25) is 0 Å². The third kappa shape index (κ3) is 1.70. The normalized spacial score (nSPS) is 11.1. The van der Waals surface area contributed by atoms with Gasteiger partial charge in [-0.15, -0.1) is 0 Å². The van der Waals surface area contributed by atoms with Crippen molar-refractivity contribution >= 4 is 27.0 Å². The zero-order chi connectivity index (χ0) is 10.1. The van der Waals surface area contributed by atoms with Crippen LogP contribution in [0.2, 0.25) is 0 Å². The number of hydrogen-bond acceptors (Lipinski definition) is 3. The summed E-state index contributed by atoms with van der Waals surface area (Å²) in [4.78, 5) is 3.74. The molecule has 1 heterocycles. The van der Waals surface area contributed by atoms with Crippen LogP contribution in [0, 0.1) is 0 Å². The summed E-state index contributed by atoms with van der Waals surface area (Å²) in [5.74, 6) is 0. The van der Waals surface area contributed by atoms with Crippen molar-refractivity contribution in [2.24, 2.45) is 0 Å². The van der Waals surface area contributed by atoms with Crippen LogP contribution in [0.25, 0.3) is 11.1 Å². The molecule has 0 saturated carbocycles. The molecule has 0 aliphatic heterocycles. The smallest absolute Gasteiger partial charge is 0.399 e. The van der Waals surface area contributed by atoms with E-state index in [-0.39, 0.29) is 0 Å². The maximum absolute atomic E-state index is 11.8. The van der Waals surface area contributed by atoms with Crippen LogP contribution < -0.4 is 4.74 Å². The molecule has 3 nitrogen and oxygen atoms in total. The first-order valence-electron chi connectivity index (χ1n) is 3.66. The lowest BCUT2D eigenvalue weighted by atomic mass is 10.3. The molecule has 0 saturated heterocycles. The SMILES string of the molecule is FC(F)Oc1nc2c(Br)cccc2o1. The number of aromatic nitrogens is 1. The van der Waals surface area contributed by atoms with Gasteiger partial charge in [0.05, 0.1) is 0 Å². The summed E-state index contributed by atoms with van der Waals surface area (Å²) in [5, 5.41) is 0. The number of para-hydroxylation sites is 1. The van der Waals surface area contributed by atoms with Crippen LogP contribution in [-0.2, 0) is 0 Å². The van der Waals surface area contributed by atoms with Gasteiger partial charge >= 0.3 is 12.7 Å². The quantitative estimate of drug-likeness (QED) is 0.835. The number of benzene rings is 1. The standard InChI is InChI=1S/C8H4BrF2NO2/c9-4-2-1-3-5-6(4)12-8(13-5)14-7(10)11/h1-3,7H. The fraction of sp³-hybridized carbons (Fsp3) is 0.125. The Morgan fingerprint density at radius 1 is 1.43 bits per heavy atom. The molecular weight excluding hydrogens is 260 g/mol. The van der Waals surface area contributed by atoms with Gasteiger partial charge in [0.25, 0.3) is 0 Å². The molecule has 0 radical (unpaired) electrons. The lowest BCUT2D eigenvalue weighted by Crippen LogP contribution is -2.01. The van der Waals surface area contributed by atoms with Gasteiger partial charge in [-0.25, -0.2) is 0 Å². The van der Waals surface area contributed by atoms with E-state index >= 15 is 0 Å². The van der Waals surface area contributed by atoms with Crippen molar-refractivity contribution in [1.82, 2.24) is 4.98 Å². The molecule has 0 fully saturated rings. The van der Waals surface area contributed by atoms with Crippen LogP contribution in [0.1, 0.15) is 0 Å². The molecule has 0 atom stereocenters. The van der Waals surface area contributed by atoms with Gasteiger partial charge in [0, 0.05) is 4.47 Å². The van der Waals surface area contributed by atoms with Gasteiger partial charge in [-0.2, -0.15) is 13.8 Å². The highest BCUT2D eigenvalue weighted by Gasteiger charge is 2.13. The van der Waals surface area contributed by atoms with Crippen molar-refractivity contribution in [2.75, 3.05) is 0 Å². The average Bonchev–Trinajstić information content (AvgIpc) is 2.47. The summed E-state index contributed by atoms with van der Waals surface area (Å²) in [6, 6.07) is 5.06. The minimum absolute atomic E-state index is 0.398. The number of oxazole rings is 1. The number of nitrogens with zero attached hydrogens (tertiary/aromatic N) is 1. The minimum Gasteiger partial charge on any atom is -0.409 e. The Kier molecular flexibility index (Phi) is 2.37. The molecule has 0 bridgehead atoms. The first kappa shape index (κ1) is 9.39. The summed E-state index contributed by atoms with van der Waals surface area (Å²) < 4.78 is 33.2. The molecule has 0 amide bonds. The van der Waals surface area contributed by atoms with Crippen LogP contribution in [-0.4, -0.2) is 11.6 Å². The second kappa shape index (κ2) is 3.53. The number of alkyl halides is 2. The van der Waals surface area contributed by atoms with Crippen LogP contribution in [0.4, 0.5) is 8.78 Å². The number of rotatable bonds is 2. The maximum Gasteiger partial charge on any atom is 0.399 e. The molecule has 0 unspecified atom stereocenters. The third-order valence-corrected chi connectivity index (χ3v) is 2.18. The van der Waals surface area contributed by atoms with Crippen molar-refractivity contribution in [3.63, 3.8) is 0 Å². The van der Waals surface area contributed by atoms with Crippen LogP contribution >= 0.6 is 15.9 Å². The highest BCUT2D eigenvalue weighted by atomic mass is 79.9. The summed E-state index contributed by atoms with van der Waals surface area (Å²) in [6.07, 6.45) is -0.429. The largest absolute Gasteiger partial charge is 0.409 e. The Morgan fingerprint density at radius 3 is 2.86 bits per heavy atom. The second-order valence-electron chi connectivity index (χ2n) is 2.44. The fourth-order valence-corrected chi connectivity index (χ4v) is 1.46. The van der Waals surface area contributed by atoms with Crippen molar-refractivity contribution < 1.29 is 17.9 Å². The molecule has 0 N–H and O–H groups in total. The first-order valence-corrected chi connectivity index (χ1v) is 4.46. The van der Waals surface area contributed by atoms with Gasteiger partial charge in [0.1, 0.15) is 5.52 Å². The van der Waals surface area contributed by atoms with E-state index in [1.54, 1.807) is 18.2 Å². The summed E-state index contributed by atoms with van der Waals surface area (Å²) >= 11 is 3.21. The summed E-state index contributed by atoms with van der Waals surface area (Å²) in [7, 11) is 0. The molecule has 14 heavy (non-hydrogen) atoms. The van der Waals surface area contributed by atoms with E-state index in [1.807, 2.05) is 0 Å². The topological polar surface area (TPSA) is 35.3 Å². The number of hydrogen-bond donors (Lipinski definition) is 0. The highest BCUT2D eigenvalue weighted by Crippen LogP contribution is 2.27. The number of fused-ring (bicyclic) bond motifs is 1. The first-order chi connectivity index (χ1) is 6.66. The molecule has 6 heteroatoms. The predicted molar refractivity (Wildman–Crippen MR) is 48.3 cm³/mol. The second-order valence-corrected chi connectivity index (χ2v) is 3.30. The van der Waals surface area contributed by atoms with Crippen LogP contribution in [0.3, 0.4) is 0 Å². The predicted octanol–water partition coefficient (Wildman–Crippen LogP) is 3.19. The van der Waals surface area contributed by atoms with E-state index in [4.69, 9.17) is 4.42 Å². The molecule has 74 valence electrons. The van der Waals surface area contributed by atoms with Crippen LogP contribution in [0.5, 0.6) is 6.08 Å². The average molecular weight is 264 g/mol.